The van der Waals surface area contributed by atoms with Gasteiger partial charge in [-0.1, -0.05) is 0 Å². The van der Waals surface area contributed by atoms with Gasteiger partial charge in [0.1, 0.15) is 11.0 Å². The lowest BCUT2D eigenvalue weighted by Gasteiger charge is -2.07. The average Bonchev–Trinajstić information content (AvgIpc) is 2.14. The first-order chi connectivity index (χ1) is 7.29. The van der Waals surface area contributed by atoms with Crippen LogP contribution in [0.25, 0.3) is 0 Å². The molecule has 0 radical (unpaired) electrons. The largest absolute Gasteiger partial charge is 0.266 e. The molecule has 0 aliphatic heterocycles. The van der Waals surface area contributed by atoms with Crippen LogP contribution in [0.15, 0.2) is 11.1 Å². The lowest BCUT2D eigenvalue weighted by atomic mass is 10.2. The molecule has 0 aromatic carbocycles. The Labute approximate surface area is 108 Å². The minimum atomic E-state index is -4.29. The van der Waals surface area contributed by atoms with Crippen molar-refractivity contribution >= 4 is 42.3 Å². The third-order valence-corrected chi connectivity index (χ3v) is 4.46. The first-order valence-electron chi connectivity index (χ1n) is 3.60. The van der Waals surface area contributed by atoms with E-state index in [1.54, 1.807) is 0 Å². The summed E-state index contributed by atoms with van der Waals surface area (Å²) in [6, 6.07) is 1.48. The van der Waals surface area contributed by atoms with Crippen molar-refractivity contribution in [3.05, 3.63) is 21.0 Å². The maximum Gasteiger partial charge on any atom is 0.266 e. The third-order valence-electron chi connectivity index (χ3n) is 1.59. The Kier molecular flexibility index (Phi) is 4.03. The topological polar surface area (TPSA) is 70.8 Å². The van der Waals surface area contributed by atoms with Crippen molar-refractivity contribution in [1.29, 1.82) is 5.26 Å². The summed E-state index contributed by atoms with van der Waals surface area (Å²) in [6.45, 7) is 0. The standard InChI is InChI=1S/C7H2ClF2IN2O2S/c8-16(14,15)6-4(1-12)13-2-3(5(6)11)7(9)10/h2,7H. The van der Waals surface area contributed by atoms with Crippen LogP contribution in [0.2, 0.25) is 0 Å². The molecule has 4 nitrogen and oxygen atoms in total. The molecule has 0 aliphatic rings. The van der Waals surface area contributed by atoms with Crippen molar-refractivity contribution in [1.82, 2.24) is 4.98 Å². The quantitative estimate of drug-likeness (QED) is 0.585. The molecule has 0 bridgehead atoms. The van der Waals surface area contributed by atoms with E-state index < -0.39 is 31.6 Å². The molecule has 1 rings (SSSR count). The van der Waals surface area contributed by atoms with Gasteiger partial charge in [0.05, 0.1) is 5.56 Å². The van der Waals surface area contributed by atoms with E-state index in [1.807, 2.05) is 0 Å². The molecule has 1 aromatic rings. The highest BCUT2D eigenvalue weighted by Gasteiger charge is 2.26. The van der Waals surface area contributed by atoms with E-state index in [9.17, 15) is 17.2 Å². The number of rotatable bonds is 2. The van der Waals surface area contributed by atoms with Crippen LogP contribution < -0.4 is 0 Å². The molecule has 86 valence electrons. The summed E-state index contributed by atoms with van der Waals surface area (Å²) in [5, 5.41) is 8.61. The highest BCUT2D eigenvalue weighted by molar-refractivity contribution is 14.1. The van der Waals surface area contributed by atoms with Gasteiger partial charge >= 0.3 is 0 Å². The van der Waals surface area contributed by atoms with Gasteiger partial charge in [-0.05, 0) is 22.6 Å². The highest BCUT2D eigenvalue weighted by atomic mass is 127. The monoisotopic (exact) mass is 378 g/mol. The van der Waals surface area contributed by atoms with Crippen molar-refractivity contribution in [2.24, 2.45) is 0 Å². The number of alkyl halides is 2. The summed E-state index contributed by atoms with van der Waals surface area (Å²) in [4.78, 5) is 2.66. The predicted octanol–water partition coefficient (Wildman–Crippen LogP) is 2.42. The summed E-state index contributed by atoms with van der Waals surface area (Å²) in [7, 11) is 0.770. The Hall–Kier alpha value is -0.530. The molecule has 9 heteroatoms. The van der Waals surface area contributed by atoms with Gasteiger partial charge in [-0.15, -0.1) is 0 Å². The van der Waals surface area contributed by atoms with E-state index in [1.165, 1.54) is 28.7 Å². The van der Waals surface area contributed by atoms with Crippen molar-refractivity contribution in [2.45, 2.75) is 11.3 Å². The smallest absolute Gasteiger partial charge is 0.244 e. The predicted molar refractivity (Wildman–Crippen MR) is 59.7 cm³/mol. The van der Waals surface area contributed by atoms with E-state index >= 15 is 0 Å². The maximum absolute atomic E-state index is 12.5. The summed E-state index contributed by atoms with van der Waals surface area (Å²) >= 11 is 1.40. The fraction of sp³-hybridized carbons (Fsp3) is 0.143. The lowest BCUT2D eigenvalue weighted by Crippen LogP contribution is -2.05. The number of halogens is 4. The molecule has 0 fully saturated rings. The zero-order chi connectivity index (χ0) is 12.5. The van der Waals surface area contributed by atoms with E-state index in [0.717, 1.165) is 6.20 Å². The number of nitrogens with zero attached hydrogens (tertiary/aromatic N) is 2. The first kappa shape index (κ1) is 13.5. The number of hydrogen-bond acceptors (Lipinski definition) is 4. The van der Waals surface area contributed by atoms with Crippen LogP contribution in [0.5, 0.6) is 0 Å². The fourth-order valence-electron chi connectivity index (χ4n) is 0.939. The molecule has 0 unspecified atom stereocenters. The minimum Gasteiger partial charge on any atom is -0.244 e. The summed E-state index contributed by atoms with van der Waals surface area (Å²) in [5.74, 6) is 0. The molecule has 1 aromatic heterocycles. The average molecular weight is 379 g/mol. The summed E-state index contributed by atoms with van der Waals surface area (Å²) in [6.07, 6.45) is -2.12. The Morgan fingerprint density at radius 2 is 2.12 bits per heavy atom. The van der Waals surface area contributed by atoms with E-state index in [4.69, 9.17) is 15.9 Å². The van der Waals surface area contributed by atoms with Gasteiger partial charge in [0, 0.05) is 20.4 Å². The second-order valence-corrected chi connectivity index (χ2v) is 6.14. The van der Waals surface area contributed by atoms with Gasteiger partial charge in [0.2, 0.25) is 0 Å². The minimum absolute atomic E-state index is 0.283. The van der Waals surface area contributed by atoms with Crippen LogP contribution in [0, 0.1) is 14.9 Å². The SMILES string of the molecule is N#Cc1ncc(C(F)F)c(I)c1S(=O)(=O)Cl. The van der Waals surface area contributed by atoms with Gasteiger partial charge in [0.25, 0.3) is 15.5 Å². The Morgan fingerprint density at radius 1 is 1.56 bits per heavy atom. The Balaban J connectivity index is 3.69. The number of nitriles is 1. The van der Waals surface area contributed by atoms with E-state index in [-0.39, 0.29) is 3.57 Å². The highest BCUT2D eigenvalue weighted by Crippen LogP contribution is 2.31. The van der Waals surface area contributed by atoms with Gasteiger partial charge in [-0.3, -0.25) is 0 Å². The zero-order valence-corrected chi connectivity index (χ0v) is 11.0. The van der Waals surface area contributed by atoms with E-state index in [2.05, 4.69) is 4.98 Å². The molecule has 0 spiro atoms. The number of hydrogen-bond donors (Lipinski definition) is 0. The maximum atomic E-state index is 12.5. The van der Waals surface area contributed by atoms with Gasteiger partial charge in [-0.25, -0.2) is 22.2 Å². The second kappa shape index (κ2) is 4.77. The molecule has 0 saturated heterocycles. The van der Waals surface area contributed by atoms with Crippen LogP contribution in [-0.2, 0) is 9.05 Å². The Bertz CT molecular complexity index is 570. The van der Waals surface area contributed by atoms with Gasteiger partial charge in [0.15, 0.2) is 5.69 Å². The van der Waals surface area contributed by atoms with Gasteiger partial charge < -0.3 is 0 Å². The van der Waals surface area contributed by atoms with Crippen molar-refractivity contribution in [3.8, 4) is 6.07 Å². The van der Waals surface area contributed by atoms with Crippen LogP contribution >= 0.6 is 33.3 Å². The van der Waals surface area contributed by atoms with Crippen molar-refractivity contribution in [3.63, 3.8) is 0 Å². The summed E-state index contributed by atoms with van der Waals surface area (Å²) < 4.78 is 46.9. The molecule has 0 amide bonds. The fourth-order valence-corrected chi connectivity index (χ4v) is 3.94. The molecular weight excluding hydrogens is 377 g/mol. The van der Waals surface area contributed by atoms with Crippen LogP contribution in [0.1, 0.15) is 17.7 Å². The third kappa shape index (κ3) is 2.58. The zero-order valence-electron chi connectivity index (χ0n) is 7.29. The summed E-state index contributed by atoms with van der Waals surface area (Å²) in [5.41, 5.74) is -1.07. The molecule has 0 aliphatic carbocycles. The van der Waals surface area contributed by atoms with Crippen molar-refractivity contribution < 1.29 is 17.2 Å². The number of aromatic nitrogens is 1. The lowest BCUT2D eigenvalue weighted by molar-refractivity contribution is 0.149. The molecule has 1 heterocycles. The second-order valence-electron chi connectivity index (χ2n) is 2.56. The van der Waals surface area contributed by atoms with Gasteiger partial charge in [-0.2, -0.15) is 5.26 Å². The normalized spacial score (nSPS) is 11.5. The van der Waals surface area contributed by atoms with Crippen LogP contribution in [-0.4, -0.2) is 13.4 Å². The molecule has 0 saturated carbocycles. The van der Waals surface area contributed by atoms with Crippen molar-refractivity contribution in [2.75, 3.05) is 0 Å². The van der Waals surface area contributed by atoms with Crippen LogP contribution in [0.3, 0.4) is 0 Å². The van der Waals surface area contributed by atoms with E-state index in [0.29, 0.717) is 0 Å². The molecule has 16 heavy (non-hydrogen) atoms. The Morgan fingerprint density at radius 3 is 2.50 bits per heavy atom. The molecule has 0 atom stereocenters. The molecule has 0 N–H and O–H groups in total. The first-order valence-corrected chi connectivity index (χ1v) is 6.99. The van der Waals surface area contributed by atoms with Crippen LogP contribution in [0.4, 0.5) is 8.78 Å². The number of pyridine rings is 1. The molecular formula is C7H2ClF2IN2O2S.